The van der Waals surface area contributed by atoms with Crippen LogP contribution in [0.1, 0.15) is 11.9 Å². The van der Waals surface area contributed by atoms with Crippen LogP contribution in [0.3, 0.4) is 0 Å². The second-order valence-electron chi connectivity index (χ2n) is 5.43. The molecule has 5 nitrogen and oxygen atoms in total. The zero-order valence-corrected chi connectivity index (χ0v) is 12.7. The Hall–Kier alpha value is -1.92. The van der Waals surface area contributed by atoms with Gasteiger partial charge in [-0.15, -0.1) is 0 Å². The average molecular weight is 304 g/mol. The third kappa shape index (κ3) is 3.28. The first-order chi connectivity index (χ1) is 10.8. The van der Waals surface area contributed by atoms with Crippen molar-refractivity contribution < 1.29 is 9.13 Å². The van der Waals surface area contributed by atoms with Crippen molar-refractivity contribution in [1.29, 1.82) is 0 Å². The predicted molar refractivity (Wildman–Crippen MR) is 82.3 cm³/mol. The first-order valence-corrected chi connectivity index (χ1v) is 7.55. The summed E-state index contributed by atoms with van der Waals surface area (Å²) in [5, 5.41) is 3.40. The van der Waals surface area contributed by atoms with E-state index >= 15 is 0 Å². The van der Waals surface area contributed by atoms with Gasteiger partial charge >= 0.3 is 0 Å². The minimum atomic E-state index is -0.316. The van der Waals surface area contributed by atoms with E-state index in [2.05, 4.69) is 15.2 Å². The van der Waals surface area contributed by atoms with Crippen molar-refractivity contribution in [2.45, 2.75) is 6.04 Å². The number of rotatable bonds is 5. The largest absolute Gasteiger partial charge is 0.489 e. The second kappa shape index (κ2) is 6.89. The number of halogens is 1. The fraction of sp³-hybridized carbons (Fsp3) is 0.438. The van der Waals surface area contributed by atoms with E-state index in [1.54, 1.807) is 18.2 Å². The number of aromatic nitrogens is 2. The van der Waals surface area contributed by atoms with Gasteiger partial charge in [0.25, 0.3) is 0 Å². The molecule has 1 atom stereocenters. The number of ether oxygens (including phenoxy) is 1. The van der Waals surface area contributed by atoms with E-state index in [-0.39, 0.29) is 11.9 Å². The fourth-order valence-corrected chi connectivity index (χ4v) is 2.80. The number of imidazole rings is 1. The number of aryl methyl sites for hydroxylation is 1. The van der Waals surface area contributed by atoms with Crippen LogP contribution in [-0.4, -0.2) is 47.2 Å². The lowest BCUT2D eigenvalue weighted by Gasteiger charge is -2.35. The van der Waals surface area contributed by atoms with Crippen LogP contribution in [0.2, 0.25) is 0 Å². The van der Waals surface area contributed by atoms with E-state index < -0.39 is 0 Å². The lowest BCUT2D eigenvalue weighted by Crippen LogP contribution is -2.48. The molecular formula is C16H21FN4O. The number of hydrogen-bond donors (Lipinski definition) is 1. The van der Waals surface area contributed by atoms with Crippen LogP contribution in [0.15, 0.2) is 36.7 Å². The Balaban J connectivity index is 1.60. The zero-order valence-electron chi connectivity index (χ0n) is 12.7. The summed E-state index contributed by atoms with van der Waals surface area (Å²) in [4.78, 5) is 6.78. The molecule has 0 amide bonds. The van der Waals surface area contributed by atoms with Gasteiger partial charge in [-0.3, -0.25) is 4.90 Å². The Morgan fingerprint density at radius 3 is 3.05 bits per heavy atom. The van der Waals surface area contributed by atoms with Crippen LogP contribution >= 0.6 is 0 Å². The summed E-state index contributed by atoms with van der Waals surface area (Å²) >= 11 is 0. The smallest absolute Gasteiger partial charge is 0.165 e. The first-order valence-electron chi connectivity index (χ1n) is 7.55. The predicted octanol–water partition coefficient (Wildman–Crippen LogP) is 1.58. The summed E-state index contributed by atoms with van der Waals surface area (Å²) in [7, 11) is 2.00. The molecule has 0 bridgehead atoms. The van der Waals surface area contributed by atoms with Crippen LogP contribution in [0, 0.1) is 5.82 Å². The highest BCUT2D eigenvalue weighted by molar-refractivity contribution is 5.23. The SMILES string of the molecule is Cn1ccnc1C1CNCCN1CCOc1ccccc1F. The van der Waals surface area contributed by atoms with Crippen molar-refractivity contribution in [3.63, 3.8) is 0 Å². The minimum Gasteiger partial charge on any atom is -0.489 e. The molecule has 0 saturated carbocycles. The number of para-hydroxylation sites is 1. The van der Waals surface area contributed by atoms with Crippen molar-refractivity contribution in [3.05, 3.63) is 48.3 Å². The van der Waals surface area contributed by atoms with E-state index in [1.165, 1.54) is 6.07 Å². The molecule has 1 aromatic heterocycles. The molecule has 1 saturated heterocycles. The molecule has 0 spiro atoms. The van der Waals surface area contributed by atoms with Crippen molar-refractivity contribution in [1.82, 2.24) is 19.8 Å². The second-order valence-corrected chi connectivity index (χ2v) is 5.43. The lowest BCUT2D eigenvalue weighted by molar-refractivity contribution is 0.125. The topological polar surface area (TPSA) is 42.3 Å². The standard InChI is InChI=1S/C16H21FN4O/c1-20-8-7-19-16(20)14-12-18-6-9-21(14)10-11-22-15-5-3-2-4-13(15)17/h2-5,7-8,14,18H,6,9-12H2,1H3. The third-order valence-corrected chi connectivity index (χ3v) is 3.98. The molecule has 1 aliphatic rings. The Kier molecular flexibility index (Phi) is 4.70. The molecule has 118 valence electrons. The molecule has 1 aromatic carbocycles. The Labute approximate surface area is 129 Å². The van der Waals surface area contributed by atoms with E-state index in [1.807, 2.05) is 24.0 Å². The van der Waals surface area contributed by atoms with Gasteiger partial charge in [-0.2, -0.15) is 0 Å². The maximum absolute atomic E-state index is 13.5. The van der Waals surface area contributed by atoms with Crippen molar-refractivity contribution >= 4 is 0 Å². The molecule has 1 fully saturated rings. The molecule has 1 unspecified atom stereocenters. The molecule has 2 heterocycles. The van der Waals surface area contributed by atoms with Gasteiger partial charge in [0.15, 0.2) is 11.6 Å². The van der Waals surface area contributed by atoms with E-state index in [0.29, 0.717) is 12.4 Å². The van der Waals surface area contributed by atoms with Crippen molar-refractivity contribution in [2.24, 2.45) is 7.05 Å². The van der Waals surface area contributed by atoms with Crippen molar-refractivity contribution in [3.8, 4) is 5.75 Å². The Bertz CT molecular complexity index is 616. The number of piperazine rings is 1. The summed E-state index contributed by atoms with van der Waals surface area (Å²) in [6.45, 7) is 3.94. The van der Waals surface area contributed by atoms with Gasteiger partial charge in [-0.25, -0.2) is 9.37 Å². The monoisotopic (exact) mass is 304 g/mol. The molecule has 3 rings (SSSR count). The summed E-state index contributed by atoms with van der Waals surface area (Å²) < 4.78 is 21.2. The lowest BCUT2D eigenvalue weighted by atomic mass is 10.2. The highest BCUT2D eigenvalue weighted by Gasteiger charge is 2.26. The molecule has 2 aromatic rings. The van der Waals surface area contributed by atoms with Gasteiger partial charge in [-0.1, -0.05) is 12.1 Å². The quantitative estimate of drug-likeness (QED) is 0.911. The zero-order chi connectivity index (χ0) is 15.4. The van der Waals surface area contributed by atoms with Crippen molar-refractivity contribution in [2.75, 3.05) is 32.8 Å². The highest BCUT2D eigenvalue weighted by Crippen LogP contribution is 2.20. The average Bonchev–Trinajstić information content (AvgIpc) is 2.96. The minimum absolute atomic E-state index is 0.220. The fourth-order valence-electron chi connectivity index (χ4n) is 2.80. The van der Waals surface area contributed by atoms with E-state index in [0.717, 1.165) is 32.0 Å². The Morgan fingerprint density at radius 1 is 1.41 bits per heavy atom. The number of nitrogens with one attached hydrogen (secondary N) is 1. The first kappa shape index (κ1) is 15.0. The third-order valence-electron chi connectivity index (χ3n) is 3.98. The van der Waals surface area contributed by atoms with Gasteiger partial charge in [0.05, 0.1) is 6.04 Å². The highest BCUT2D eigenvalue weighted by atomic mass is 19.1. The maximum Gasteiger partial charge on any atom is 0.165 e. The molecule has 0 aliphatic carbocycles. The summed E-state index contributed by atoms with van der Waals surface area (Å²) in [5.74, 6) is 1.03. The van der Waals surface area contributed by atoms with Crippen LogP contribution < -0.4 is 10.1 Å². The van der Waals surface area contributed by atoms with Gasteiger partial charge in [-0.05, 0) is 12.1 Å². The van der Waals surface area contributed by atoms with Crippen LogP contribution in [0.5, 0.6) is 5.75 Å². The van der Waals surface area contributed by atoms with Crippen LogP contribution in [-0.2, 0) is 7.05 Å². The van der Waals surface area contributed by atoms with Gasteiger partial charge < -0.3 is 14.6 Å². The number of nitrogens with zero attached hydrogens (tertiary/aromatic N) is 3. The molecule has 6 heteroatoms. The molecular weight excluding hydrogens is 283 g/mol. The van der Waals surface area contributed by atoms with E-state index in [9.17, 15) is 4.39 Å². The summed E-state index contributed by atoms with van der Waals surface area (Å²) in [6, 6.07) is 6.73. The number of hydrogen-bond acceptors (Lipinski definition) is 4. The Morgan fingerprint density at radius 2 is 2.27 bits per heavy atom. The van der Waals surface area contributed by atoms with Gasteiger partial charge in [0, 0.05) is 45.6 Å². The maximum atomic E-state index is 13.5. The van der Waals surface area contributed by atoms with Gasteiger partial charge in [0.2, 0.25) is 0 Å². The molecule has 1 N–H and O–H groups in total. The van der Waals surface area contributed by atoms with Crippen LogP contribution in [0.4, 0.5) is 4.39 Å². The molecule has 1 aliphatic heterocycles. The van der Waals surface area contributed by atoms with Gasteiger partial charge in [0.1, 0.15) is 12.4 Å². The summed E-state index contributed by atoms with van der Waals surface area (Å²) in [5.41, 5.74) is 0. The molecule has 22 heavy (non-hydrogen) atoms. The summed E-state index contributed by atoms with van der Waals surface area (Å²) in [6.07, 6.45) is 3.77. The normalized spacial score (nSPS) is 19.3. The molecule has 0 radical (unpaired) electrons. The van der Waals surface area contributed by atoms with E-state index in [4.69, 9.17) is 4.74 Å². The van der Waals surface area contributed by atoms with Crippen LogP contribution in [0.25, 0.3) is 0 Å². The number of benzene rings is 1.